The van der Waals surface area contributed by atoms with E-state index in [9.17, 15) is 0 Å². The first-order valence-electron chi connectivity index (χ1n) is 6.91. The highest BCUT2D eigenvalue weighted by molar-refractivity contribution is 5.93. The highest BCUT2D eigenvalue weighted by Crippen LogP contribution is 2.30. The van der Waals surface area contributed by atoms with Crippen molar-refractivity contribution in [1.82, 2.24) is 9.97 Å². The molecule has 0 fully saturated rings. The Morgan fingerprint density at radius 3 is 2.36 bits per heavy atom. The summed E-state index contributed by atoms with van der Waals surface area (Å²) < 4.78 is 10.6. The van der Waals surface area contributed by atoms with Gasteiger partial charge in [-0.25, -0.2) is 9.97 Å². The van der Waals surface area contributed by atoms with Crippen LogP contribution in [0.3, 0.4) is 0 Å². The molecule has 0 radical (unpaired) electrons. The van der Waals surface area contributed by atoms with E-state index in [0.717, 1.165) is 39.5 Å². The van der Waals surface area contributed by atoms with E-state index in [1.165, 1.54) is 0 Å². The number of methoxy groups -OCH3 is 2. The molecule has 3 rings (SSSR count). The molecule has 1 heterocycles. The van der Waals surface area contributed by atoms with Crippen LogP contribution in [0, 0.1) is 6.92 Å². The second-order valence-electron chi connectivity index (χ2n) is 4.92. The monoisotopic (exact) mass is 295 g/mol. The molecule has 0 amide bonds. The number of ether oxygens (including phenoxy) is 2. The van der Waals surface area contributed by atoms with Crippen molar-refractivity contribution < 1.29 is 9.47 Å². The fourth-order valence-electron chi connectivity index (χ4n) is 2.39. The van der Waals surface area contributed by atoms with Gasteiger partial charge in [0.2, 0.25) is 0 Å². The zero-order valence-corrected chi connectivity index (χ0v) is 12.8. The van der Waals surface area contributed by atoms with E-state index in [-0.39, 0.29) is 0 Å². The van der Waals surface area contributed by atoms with Crippen molar-refractivity contribution in [3.63, 3.8) is 0 Å². The topological polar surface area (TPSA) is 56.3 Å². The Labute approximate surface area is 128 Å². The standard InChI is InChI=1S/C17H17N3O2/c1-11-5-4-6-15-16(11)17(19-10-18-15)20-12-7-13(21-2)9-14(8-12)22-3/h4-10H,1-3H3,(H,18,19,20). The zero-order valence-electron chi connectivity index (χ0n) is 12.8. The molecule has 0 aliphatic rings. The minimum Gasteiger partial charge on any atom is -0.497 e. The highest BCUT2D eigenvalue weighted by Gasteiger charge is 2.08. The number of nitrogens with one attached hydrogen (secondary N) is 1. The van der Waals surface area contributed by atoms with E-state index in [2.05, 4.69) is 15.3 Å². The first-order chi connectivity index (χ1) is 10.7. The molecule has 0 saturated carbocycles. The van der Waals surface area contributed by atoms with Crippen molar-refractivity contribution in [2.45, 2.75) is 6.92 Å². The Kier molecular flexibility index (Phi) is 3.78. The molecule has 1 N–H and O–H groups in total. The van der Waals surface area contributed by atoms with Crippen molar-refractivity contribution in [3.05, 3.63) is 48.3 Å². The summed E-state index contributed by atoms with van der Waals surface area (Å²) in [4.78, 5) is 8.68. The van der Waals surface area contributed by atoms with Gasteiger partial charge in [0, 0.05) is 29.3 Å². The maximum atomic E-state index is 5.29. The van der Waals surface area contributed by atoms with Crippen molar-refractivity contribution >= 4 is 22.4 Å². The Morgan fingerprint density at radius 2 is 1.68 bits per heavy atom. The molecule has 0 atom stereocenters. The molecule has 0 bridgehead atoms. The first-order valence-corrected chi connectivity index (χ1v) is 6.91. The van der Waals surface area contributed by atoms with E-state index < -0.39 is 0 Å². The number of anilines is 2. The number of nitrogens with zero attached hydrogens (tertiary/aromatic N) is 2. The summed E-state index contributed by atoms with van der Waals surface area (Å²) in [5.41, 5.74) is 2.88. The van der Waals surface area contributed by atoms with Crippen LogP contribution in [-0.2, 0) is 0 Å². The predicted octanol–water partition coefficient (Wildman–Crippen LogP) is 3.70. The summed E-state index contributed by atoms with van der Waals surface area (Å²) in [6.45, 7) is 2.04. The summed E-state index contributed by atoms with van der Waals surface area (Å²) in [6, 6.07) is 11.6. The Balaban J connectivity index is 2.07. The van der Waals surface area contributed by atoms with Gasteiger partial charge in [0.25, 0.3) is 0 Å². The molecule has 5 heteroatoms. The normalized spacial score (nSPS) is 10.5. The van der Waals surface area contributed by atoms with Crippen LogP contribution in [0.2, 0.25) is 0 Å². The quantitative estimate of drug-likeness (QED) is 0.795. The Bertz CT molecular complexity index is 791. The molecule has 0 saturated heterocycles. The van der Waals surface area contributed by atoms with Gasteiger partial charge in [0.15, 0.2) is 0 Å². The zero-order chi connectivity index (χ0) is 15.5. The number of aryl methyl sites for hydroxylation is 1. The number of benzene rings is 2. The van der Waals surface area contributed by atoms with Crippen LogP contribution in [0.5, 0.6) is 11.5 Å². The maximum Gasteiger partial charge on any atom is 0.141 e. The summed E-state index contributed by atoms with van der Waals surface area (Å²) >= 11 is 0. The summed E-state index contributed by atoms with van der Waals surface area (Å²) in [7, 11) is 3.26. The van der Waals surface area contributed by atoms with Gasteiger partial charge < -0.3 is 14.8 Å². The second kappa shape index (κ2) is 5.89. The van der Waals surface area contributed by atoms with Gasteiger partial charge in [-0.05, 0) is 18.6 Å². The van der Waals surface area contributed by atoms with Gasteiger partial charge >= 0.3 is 0 Å². The third-order valence-corrected chi connectivity index (χ3v) is 3.49. The van der Waals surface area contributed by atoms with Crippen LogP contribution in [0.1, 0.15) is 5.56 Å². The van der Waals surface area contributed by atoms with Gasteiger partial charge in [-0.15, -0.1) is 0 Å². The average molecular weight is 295 g/mol. The van der Waals surface area contributed by atoms with Crippen molar-refractivity contribution in [3.8, 4) is 11.5 Å². The molecular weight excluding hydrogens is 278 g/mol. The summed E-state index contributed by atoms with van der Waals surface area (Å²) in [6.07, 6.45) is 1.56. The molecule has 22 heavy (non-hydrogen) atoms. The van der Waals surface area contributed by atoms with Crippen LogP contribution >= 0.6 is 0 Å². The van der Waals surface area contributed by atoms with Crippen LogP contribution in [-0.4, -0.2) is 24.2 Å². The molecular formula is C17H17N3O2. The third kappa shape index (κ3) is 2.65. The molecule has 0 aliphatic heterocycles. The van der Waals surface area contributed by atoms with Gasteiger partial charge in [-0.3, -0.25) is 0 Å². The van der Waals surface area contributed by atoms with E-state index in [1.54, 1.807) is 20.5 Å². The predicted molar refractivity (Wildman–Crippen MR) is 87.1 cm³/mol. The lowest BCUT2D eigenvalue weighted by atomic mass is 10.1. The van der Waals surface area contributed by atoms with Crippen LogP contribution in [0.25, 0.3) is 10.9 Å². The van der Waals surface area contributed by atoms with Crippen LogP contribution in [0.15, 0.2) is 42.7 Å². The largest absolute Gasteiger partial charge is 0.497 e. The van der Waals surface area contributed by atoms with E-state index in [4.69, 9.17) is 9.47 Å². The third-order valence-electron chi connectivity index (χ3n) is 3.49. The Hall–Kier alpha value is -2.82. The molecule has 5 nitrogen and oxygen atoms in total. The van der Waals surface area contributed by atoms with E-state index in [1.807, 2.05) is 43.3 Å². The molecule has 3 aromatic rings. The molecule has 1 aromatic heterocycles. The first kappa shape index (κ1) is 14.1. The molecule has 2 aromatic carbocycles. The van der Waals surface area contributed by atoms with Crippen molar-refractivity contribution in [2.75, 3.05) is 19.5 Å². The average Bonchev–Trinajstić information content (AvgIpc) is 2.54. The number of hydrogen-bond donors (Lipinski definition) is 1. The highest BCUT2D eigenvalue weighted by atomic mass is 16.5. The number of fused-ring (bicyclic) bond motifs is 1. The molecule has 0 unspecified atom stereocenters. The fraction of sp³-hybridized carbons (Fsp3) is 0.176. The van der Waals surface area contributed by atoms with Crippen LogP contribution < -0.4 is 14.8 Å². The van der Waals surface area contributed by atoms with E-state index >= 15 is 0 Å². The number of aromatic nitrogens is 2. The maximum absolute atomic E-state index is 5.29. The summed E-state index contributed by atoms with van der Waals surface area (Å²) in [5.74, 6) is 2.20. The number of rotatable bonds is 4. The molecule has 0 aliphatic carbocycles. The second-order valence-corrected chi connectivity index (χ2v) is 4.92. The summed E-state index contributed by atoms with van der Waals surface area (Å²) in [5, 5.41) is 4.33. The molecule has 112 valence electrons. The van der Waals surface area contributed by atoms with Gasteiger partial charge in [0.1, 0.15) is 23.6 Å². The lowest BCUT2D eigenvalue weighted by Crippen LogP contribution is -1.98. The lowest BCUT2D eigenvalue weighted by molar-refractivity contribution is 0.395. The van der Waals surface area contributed by atoms with Crippen molar-refractivity contribution in [1.29, 1.82) is 0 Å². The minimum atomic E-state index is 0.719. The van der Waals surface area contributed by atoms with Crippen molar-refractivity contribution in [2.24, 2.45) is 0 Å². The minimum absolute atomic E-state index is 0.719. The Morgan fingerprint density at radius 1 is 0.955 bits per heavy atom. The van der Waals surface area contributed by atoms with Gasteiger partial charge in [0.05, 0.1) is 19.7 Å². The fourth-order valence-corrected chi connectivity index (χ4v) is 2.39. The number of hydrogen-bond acceptors (Lipinski definition) is 5. The molecule has 0 spiro atoms. The van der Waals surface area contributed by atoms with Crippen LogP contribution in [0.4, 0.5) is 11.5 Å². The van der Waals surface area contributed by atoms with Gasteiger partial charge in [-0.2, -0.15) is 0 Å². The van der Waals surface area contributed by atoms with Gasteiger partial charge in [-0.1, -0.05) is 12.1 Å². The smallest absolute Gasteiger partial charge is 0.141 e. The van der Waals surface area contributed by atoms with E-state index in [0.29, 0.717) is 0 Å². The SMILES string of the molecule is COc1cc(Nc2ncnc3cccc(C)c23)cc(OC)c1. The lowest BCUT2D eigenvalue weighted by Gasteiger charge is -2.12.